The molecule has 0 aliphatic heterocycles. The fraction of sp³-hybridized carbons (Fsp3) is 0.214. The van der Waals surface area contributed by atoms with Gasteiger partial charge in [-0.2, -0.15) is 0 Å². The van der Waals surface area contributed by atoms with Crippen molar-refractivity contribution in [2.45, 2.75) is 0 Å². The largest absolute Gasteiger partial charge is 0.480 e. The molecule has 0 aromatic heterocycles. The standard InChI is InChI=1S/C14H15N3O4/c1-3-8-17(2)14(21)16-11-6-4-10(5-7-11)13(20)15-9-12(18)19/h1,4-7H,8-9H2,2H3,(H,15,20)(H,16,21)(H,18,19). The van der Waals surface area contributed by atoms with Gasteiger partial charge in [-0.15, -0.1) is 6.42 Å². The van der Waals surface area contributed by atoms with Crippen LogP contribution in [0.4, 0.5) is 10.5 Å². The first-order chi connectivity index (χ1) is 9.93. The van der Waals surface area contributed by atoms with E-state index in [2.05, 4.69) is 16.6 Å². The van der Waals surface area contributed by atoms with Gasteiger partial charge in [0.15, 0.2) is 0 Å². The summed E-state index contributed by atoms with van der Waals surface area (Å²) in [5, 5.41) is 13.3. The molecule has 0 atom stereocenters. The van der Waals surface area contributed by atoms with Crippen LogP contribution in [0.3, 0.4) is 0 Å². The number of carboxylic acids is 1. The van der Waals surface area contributed by atoms with Gasteiger partial charge in [0.25, 0.3) is 5.91 Å². The summed E-state index contributed by atoms with van der Waals surface area (Å²) < 4.78 is 0. The average Bonchev–Trinajstić information content (AvgIpc) is 2.45. The summed E-state index contributed by atoms with van der Waals surface area (Å²) in [7, 11) is 1.56. The quantitative estimate of drug-likeness (QED) is 0.691. The van der Waals surface area contributed by atoms with E-state index in [1.165, 1.54) is 29.2 Å². The molecule has 0 aliphatic carbocycles. The maximum atomic E-state index is 11.7. The average molecular weight is 289 g/mol. The van der Waals surface area contributed by atoms with Gasteiger partial charge in [0, 0.05) is 18.3 Å². The fourth-order valence-electron chi connectivity index (χ4n) is 1.39. The van der Waals surface area contributed by atoms with Gasteiger partial charge in [0.2, 0.25) is 0 Å². The zero-order valence-corrected chi connectivity index (χ0v) is 11.4. The van der Waals surface area contributed by atoms with E-state index in [4.69, 9.17) is 11.5 Å². The molecule has 0 aliphatic rings. The maximum absolute atomic E-state index is 11.7. The van der Waals surface area contributed by atoms with E-state index in [1.54, 1.807) is 7.05 Å². The Hall–Kier alpha value is -3.01. The first kappa shape index (κ1) is 16.0. The molecule has 0 heterocycles. The number of nitrogens with zero attached hydrogens (tertiary/aromatic N) is 1. The Labute approximate surface area is 121 Å². The van der Waals surface area contributed by atoms with E-state index < -0.39 is 18.4 Å². The number of rotatable bonds is 5. The monoisotopic (exact) mass is 289 g/mol. The smallest absolute Gasteiger partial charge is 0.322 e. The van der Waals surface area contributed by atoms with E-state index in [-0.39, 0.29) is 12.6 Å². The first-order valence-electron chi connectivity index (χ1n) is 5.99. The van der Waals surface area contributed by atoms with Crippen LogP contribution in [-0.4, -0.2) is 48.1 Å². The van der Waals surface area contributed by atoms with Gasteiger partial charge in [0.1, 0.15) is 6.54 Å². The molecule has 3 amide bonds. The molecule has 3 N–H and O–H groups in total. The Morgan fingerprint density at radius 2 is 1.90 bits per heavy atom. The highest BCUT2D eigenvalue weighted by Crippen LogP contribution is 2.10. The number of amides is 3. The second kappa shape index (κ2) is 7.55. The van der Waals surface area contributed by atoms with Crippen LogP contribution in [0.25, 0.3) is 0 Å². The third-order valence-corrected chi connectivity index (χ3v) is 2.47. The Morgan fingerprint density at radius 3 is 2.43 bits per heavy atom. The summed E-state index contributed by atoms with van der Waals surface area (Å²) in [6.45, 7) is -0.268. The van der Waals surface area contributed by atoms with Crippen LogP contribution in [-0.2, 0) is 4.79 Å². The molecule has 0 saturated carbocycles. The van der Waals surface area contributed by atoms with Crippen molar-refractivity contribution in [3.63, 3.8) is 0 Å². The summed E-state index contributed by atoms with van der Waals surface area (Å²) in [4.78, 5) is 34.9. The van der Waals surface area contributed by atoms with Crippen molar-refractivity contribution in [3.8, 4) is 12.3 Å². The van der Waals surface area contributed by atoms with E-state index >= 15 is 0 Å². The number of aliphatic carboxylic acids is 1. The molecule has 110 valence electrons. The van der Waals surface area contributed by atoms with Crippen molar-refractivity contribution < 1.29 is 19.5 Å². The Bertz CT molecular complexity index is 575. The number of benzene rings is 1. The van der Waals surface area contributed by atoms with Crippen molar-refractivity contribution in [2.75, 3.05) is 25.5 Å². The third-order valence-electron chi connectivity index (χ3n) is 2.47. The van der Waals surface area contributed by atoms with Gasteiger partial charge in [-0.3, -0.25) is 9.59 Å². The van der Waals surface area contributed by atoms with E-state index in [1.807, 2.05) is 0 Å². The van der Waals surface area contributed by atoms with Crippen molar-refractivity contribution >= 4 is 23.6 Å². The summed E-state index contributed by atoms with van der Waals surface area (Å²) in [6.07, 6.45) is 5.11. The van der Waals surface area contributed by atoms with Crippen molar-refractivity contribution in [1.82, 2.24) is 10.2 Å². The van der Waals surface area contributed by atoms with Gasteiger partial charge in [-0.1, -0.05) is 5.92 Å². The SMILES string of the molecule is C#CCN(C)C(=O)Nc1ccc(C(=O)NCC(=O)O)cc1. The molecule has 1 rings (SSSR count). The first-order valence-corrected chi connectivity index (χ1v) is 5.99. The Kier molecular flexibility index (Phi) is 5.77. The molecule has 21 heavy (non-hydrogen) atoms. The summed E-state index contributed by atoms with van der Waals surface area (Å²) in [5.74, 6) is 0.724. The zero-order chi connectivity index (χ0) is 15.8. The lowest BCUT2D eigenvalue weighted by atomic mass is 10.2. The number of carboxylic acid groups (broad SMARTS) is 1. The molecular formula is C14H15N3O4. The highest BCUT2D eigenvalue weighted by atomic mass is 16.4. The summed E-state index contributed by atoms with van der Waals surface area (Å²) >= 11 is 0. The van der Waals surface area contributed by atoms with Gasteiger partial charge in [0.05, 0.1) is 6.54 Å². The molecule has 7 heteroatoms. The Balaban J connectivity index is 2.62. The number of hydrogen-bond donors (Lipinski definition) is 3. The minimum atomic E-state index is -1.12. The van der Waals surface area contributed by atoms with Crippen molar-refractivity contribution in [3.05, 3.63) is 29.8 Å². The fourth-order valence-corrected chi connectivity index (χ4v) is 1.39. The number of carbonyl (C=O) groups excluding carboxylic acids is 2. The van der Waals surface area contributed by atoms with Gasteiger partial charge >= 0.3 is 12.0 Å². The minimum absolute atomic E-state index is 0.182. The molecule has 0 spiro atoms. The molecule has 0 radical (unpaired) electrons. The van der Waals surface area contributed by atoms with Crippen LogP contribution < -0.4 is 10.6 Å². The number of carbonyl (C=O) groups is 3. The molecule has 1 aromatic carbocycles. The molecular weight excluding hydrogens is 274 g/mol. The topological polar surface area (TPSA) is 98.7 Å². The van der Waals surface area contributed by atoms with Crippen LogP contribution in [0.1, 0.15) is 10.4 Å². The van der Waals surface area contributed by atoms with Crippen molar-refractivity contribution in [1.29, 1.82) is 0 Å². The number of urea groups is 1. The predicted molar refractivity (Wildman–Crippen MR) is 76.9 cm³/mol. The number of hydrogen-bond acceptors (Lipinski definition) is 3. The predicted octanol–water partition coefficient (Wildman–Crippen LogP) is 0.598. The van der Waals surface area contributed by atoms with Gasteiger partial charge in [-0.25, -0.2) is 4.79 Å². The number of anilines is 1. The van der Waals surface area contributed by atoms with Gasteiger partial charge in [-0.05, 0) is 24.3 Å². The molecule has 0 bridgehead atoms. The Morgan fingerprint density at radius 1 is 1.29 bits per heavy atom. The van der Waals surface area contributed by atoms with Gasteiger partial charge < -0.3 is 20.6 Å². The second-order valence-corrected chi connectivity index (χ2v) is 4.14. The zero-order valence-electron chi connectivity index (χ0n) is 11.4. The van der Waals surface area contributed by atoms with E-state index in [0.717, 1.165) is 0 Å². The van der Waals surface area contributed by atoms with Crippen molar-refractivity contribution in [2.24, 2.45) is 0 Å². The van der Waals surface area contributed by atoms with Crippen LogP contribution in [0.5, 0.6) is 0 Å². The lowest BCUT2D eigenvalue weighted by Gasteiger charge is -2.15. The lowest BCUT2D eigenvalue weighted by molar-refractivity contribution is -0.135. The summed E-state index contributed by atoms with van der Waals surface area (Å²) in [6, 6.07) is 5.67. The van der Waals surface area contributed by atoms with E-state index in [0.29, 0.717) is 11.3 Å². The lowest BCUT2D eigenvalue weighted by Crippen LogP contribution is -2.31. The highest BCUT2D eigenvalue weighted by molar-refractivity contribution is 5.96. The summed E-state index contributed by atoms with van der Waals surface area (Å²) in [5.41, 5.74) is 0.796. The molecule has 0 unspecified atom stereocenters. The maximum Gasteiger partial charge on any atom is 0.322 e. The number of nitrogens with one attached hydrogen (secondary N) is 2. The molecule has 7 nitrogen and oxygen atoms in total. The minimum Gasteiger partial charge on any atom is -0.480 e. The van der Waals surface area contributed by atoms with Crippen LogP contribution in [0, 0.1) is 12.3 Å². The van der Waals surface area contributed by atoms with Crippen LogP contribution >= 0.6 is 0 Å². The third kappa shape index (κ3) is 5.24. The molecule has 0 saturated heterocycles. The highest BCUT2D eigenvalue weighted by Gasteiger charge is 2.09. The second-order valence-electron chi connectivity index (χ2n) is 4.14. The van der Waals surface area contributed by atoms with Crippen LogP contribution in [0.15, 0.2) is 24.3 Å². The normalized spacial score (nSPS) is 9.33. The van der Waals surface area contributed by atoms with E-state index in [9.17, 15) is 14.4 Å². The molecule has 0 fully saturated rings. The molecule has 1 aromatic rings. The van der Waals surface area contributed by atoms with Crippen LogP contribution in [0.2, 0.25) is 0 Å². The number of terminal acetylenes is 1.